The van der Waals surface area contributed by atoms with Crippen molar-refractivity contribution < 1.29 is 9.90 Å². The number of hydrogen-bond acceptors (Lipinski definition) is 3. The fraction of sp³-hybridized carbons (Fsp3) is 0.533. The largest absolute Gasteiger partial charge is 0.384 e. The van der Waals surface area contributed by atoms with Gasteiger partial charge in [0.05, 0.1) is 10.4 Å². The Balaban J connectivity index is 2.05. The first-order valence-corrected chi connectivity index (χ1v) is 7.47. The summed E-state index contributed by atoms with van der Waals surface area (Å²) in [5.41, 5.74) is 0.717. The number of aliphatic hydroxyl groups is 1. The van der Waals surface area contributed by atoms with E-state index in [1.165, 1.54) is 11.3 Å². The van der Waals surface area contributed by atoms with Crippen LogP contribution in [0.5, 0.6) is 0 Å². The standard InChI is InChI=1S/C15H19NO2S/c1-11-5-6-16(9-12(11)2)15(18)13-8-14(19-10-13)4-3-7-17/h8,10-12,17H,5-7,9H2,1-2H3. The summed E-state index contributed by atoms with van der Waals surface area (Å²) in [6, 6.07) is 1.82. The number of hydrogen-bond donors (Lipinski definition) is 1. The quantitative estimate of drug-likeness (QED) is 0.800. The van der Waals surface area contributed by atoms with Gasteiger partial charge < -0.3 is 10.0 Å². The molecule has 0 saturated carbocycles. The van der Waals surface area contributed by atoms with Gasteiger partial charge in [0, 0.05) is 18.5 Å². The lowest BCUT2D eigenvalue weighted by atomic mass is 9.88. The smallest absolute Gasteiger partial charge is 0.254 e. The molecule has 2 heterocycles. The Bertz CT molecular complexity index is 512. The van der Waals surface area contributed by atoms with Crippen molar-refractivity contribution in [3.8, 4) is 11.8 Å². The number of carbonyl (C=O) groups is 1. The number of nitrogens with zero attached hydrogens (tertiary/aromatic N) is 1. The van der Waals surface area contributed by atoms with Gasteiger partial charge in [-0.05, 0) is 24.3 Å². The second-order valence-corrected chi connectivity index (χ2v) is 6.07. The summed E-state index contributed by atoms with van der Waals surface area (Å²) in [5.74, 6) is 6.79. The Kier molecular flexibility index (Phi) is 4.62. The van der Waals surface area contributed by atoms with Crippen LogP contribution in [0.2, 0.25) is 0 Å². The number of carbonyl (C=O) groups excluding carboxylic acids is 1. The van der Waals surface area contributed by atoms with Crippen molar-refractivity contribution in [3.05, 3.63) is 21.9 Å². The van der Waals surface area contributed by atoms with E-state index in [4.69, 9.17) is 5.11 Å². The van der Waals surface area contributed by atoms with Crippen LogP contribution in [0.1, 0.15) is 35.5 Å². The van der Waals surface area contributed by atoms with E-state index in [0.29, 0.717) is 17.4 Å². The zero-order valence-corrected chi connectivity index (χ0v) is 12.2. The van der Waals surface area contributed by atoms with E-state index >= 15 is 0 Å². The van der Waals surface area contributed by atoms with Gasteiger partial charge in [-0.2, -0.15) is 0 Å². The Hall–Kier alpha value is -1.31. The first-order chi connectivity index (χ1) is 9.11. The van der Waals surface area contributed by atoms with Gasteiger partial charge in [-0.15, -0.1) is 11.3 Å². The maximum atomic E-state index is 12.4. The van der Waals surface area contributed by atoms with E-state index in [-0.39, 0.29) is 12.5 Å². The summed E-state index contributed by atoms with van der Waals surface area (Å²) in [6.45, 7) is 5.99. The molecule has 1 aliphatic rings. The minimum Gasteiger partial charge on any atom is -0.384 e. The van der Waals surface area contributed by atoms with Gasteiger partial charge in [0.2, 0.25) is 0 Å². The normalized spacial score (nSPS) is 22.8. The van der Waals surface area contributed by atoms with Gasteiger partial charge in [0.15, 0.2) is 0 Å². The molecule has 0 spiro atoms. The van der Waals surface area contributed by atoms with Crippen LogP contribution in [0.15, 0.2) is 11.4 Å². The molecule has 0 aromatic carbocycles. The second-order valence-electron chi connectivity index (χ2n) is 5.15. The molecule has 0 bridgehead atoms. The molecule has 2 rings (SSSR count). The van der Waals surface area contributed by atoms with Crippen molar-refractivity contribution in [2.24, 2.45) is 11.8 Å². The highest BCUT2D eigenvalue weighted by atomic mass is 32.1. The Morgan fingerprint density at radius 3 is 3.00 bits per heavy atom. The lowest BCUT2D eigenvalue weighted by Crippen LogP contribution is -2.42. The lowest BCUT2D eigenvalue weighted by Gasteiger charge is -2.35. The van der Waals surface area contributed by atoms with Crippen LogP contribution in [0.3, 0.4) is 0 Å². The van der Waals surface area contributed by atoms with Crippen molar-refractivity contribution in [2.45, 2.75) is 20.3 Å². The highest BCUT2D eigenvalue weighted by Crippen LogP contribution is 2.24. The molecule has 1 amide bonds. The monoisotopic (exact) mass is 277 g/mol. The van der Waals surface area contributed by atoms with E-state index in [2.05, 4.69) is 25.7 Å². The number of amides is 1. The number of likely N-dealkylation sites (tertiary alicyclic amines) is 1. The molecule has 1 fully saturated rings. The van der Waals surface area contributed by atoms with Crippen LogP contribution in [0.25, 0.3) is 0 Å². The molecular formula is C15H19NO2S. The first kappa shape index (κ1) is 14.1. The predicted octanol–water partition coefficient (Wildman–Crippen LogP) is 2.21. The van der Waals surface area contributed by atoms with E-state index in [1.807, 2.05) is 16.3 Å². The number of thiophene rings is 1. The topological polar surface area (TPSA) is 40.5 Å². The fourth-order valence-corrected chi connectivity index (χ4v) is 3.02. The maximum Gasteiger partial charge on any atom is 0.254 e. The molecule has 0 radical (unpaired) electrons. The molecule has 102 valence electrons. The minimum absolute atomic E-state index is 0.104. The highest BCUT2D eigenvalue weighted by Gasteiger charge is 2.26. The van der Waals surface area contributed by atoms with Crippen LogP contribution in [0, 0.1) is 23.7 Å². The van der Waals surface area contributed by atoms with Crippen LogP contribution in [0.4, 0.5) is 0 Å². The molecule has 1 saturated heterocycles. The second kappa shape index (κ2) is 6.23. The summed E-state index contributed by atoms with van der Waals surface area (Å²) in [6.07, 6.45) is 1.08. The molecule has 2 atom stereocenters. The van der Waals surface area contributed by atoms with Gasteiger partial charge >= 0.3 is 0 Å². The molecular weight excluding hydrogens is 258 g/mol. The van der Waals surface area contributed by atoms with Gasteiger partial charge in [0.1, 0.15) is 6.61 Å². The maximum absolute atomic E-state index is 12.4. The molecule has 1 aromatic rings. The number of aliphatic hydroxyl groups excluding tert-OH is 1. The fourth-order valence-electron chi connectivity index (χ4n) is 2.27. The van der Waals surface area contributed by atoms with Gasteiger partial charge in [-0.3, -0.25) is 4.79 Å². The third kappa shape index (κ3) is 3.37. The summed E-state index contributed by atoms with van der Waals surface area (Å²) in [4.78, 5) is 15.1. The van der Waals surface area contributed by atoms with Gasteiger partial charge in [-0.1, -0.05) is 25.7 Å². The first-order valence-electron chi connectivity index (χ1n) is 6.59. The Morgan fingerprint density at radius 2 is 2.32 bits per heavy atom. The highest BCUT2D eigenvalue weighted by molar-refractivity contribution is 7.10. The Labute approximate surface area is 118 Å². The summed E-state index contributed by atoms with van der Waals surface area (Å²) in [7, 11) is 0. The molecule has 0 aliphatic carbocycles. The van der Waals surface area contributed by atoms with E-state index in [0.717, 1.165) is 24.4 Å². The molecule has 4 heteroatoms. The zero-order chi connectivity index (χ0) is 13.8. The average Bonchev–Trinajstić information content (AvgIpc) is 2.87. The van der Waals surface area contributed by atoms with E-state index in [1.54, 1.807) is 0 Å². The molecule has 19 heavy (non-hydrogen) atoms. The lowest BCUT2D eigenvalue weighted by molar-refractivity contribution is 0.0628. The third-order valence-corrected chi connectivity index (χ3v) is 4.60. The van der Waals surface area contributed by atoms with Crippen LogP contribution in [-0.2, 0) is 0 Å². The number of rotatable bonds is 1. The van der Waals surface area contributed by atoms with Crippen molar-refractivity contribution in [1.82, 2.24) is 4.90 Å². The molecule has 2 unspecified atom stereocenters. The molecule has 1 N–H and O–H groups in total. The van der Waals surface area contributed by atoms with E-state index < -0.39 is 0 Å². The SMILES string of the molecule is CC1CCN(C(=O)c2csc(C#CCO)c2)CC1C. The van der Waals surface area contributed by atoms with Crippen molar-refractivity contribution in [2.75, 3.05) is 19.7 Å². The minimum atomic E-state index is -0.150. The zero-order valence-electron chi connectivity index (χ0n) is 11.3. The Morgan fingerprint density at radius 1 is 1.53 bits per heavy atom. The van der Waals surface area contributed by atoms with Crippen molar-refractivity contribution in [1.29, 1.82) is 0 Å². The summed E-state index contributed by atoms with van der Waals surface area (Å²) < 4.78 is 0. The average molecular weight is 277 g/mol. The molecule has 3 nitrogen and oxygen atoms in total. The van der Waals surface area contributed by atoms with Gasteiger partial charge in [-0.25, -0.2) is 0 Å². The summed E-state index contributed by atoms with van der Waals surface area (Å²) >= 11 is 1.45. The van der Waals surface area contributed by atoms with Crippen molar-refractivity contribution in [3.63, 3.8) is 0 Å². The van der Waals surface area contributed by atoms with Gasteiger partial charge in [0.25, 0.3) is 5.91 Å². The predicted molar refractivity (Wildman–Crippen MR) is 77.1 cm³/mol. The summed E-state index contributed by atoms with van der Waals surface area (Å²) in [5, 5.41) is 10.5. The molecule has 1 aromatic heterocycles. The van der Waals surface area contributed by atoms with Crippen LogP contribution in [-0.4, -0.2) is 35.6 Å². The van der Waals surface area contributed by atoms with E-state index in [9.17, 15) is 4.79 Å². The van der Waals surface area contributed by atoms with Crippen molar-refractivity contribution >= 4 is 17.2 Å². The number of piperidine rings is 1. The van der Waals surface area contributed by atoms with Crippen LogP contribution >= 0.6 is 11.3 Å². The third-order valence-electron chi connectivity index (χ3n) is 3.76. The van der Waals surface area contributed by atoms with Crippen LogP contribution < -0.4 is 0 Å². The molecule has 1 aliphatic heterocycles.